The summed E-state index contributed by atoms with van der Waals surface area (Å²) in [5, 5.41) is 11.2. The number of aromatic nitrogens is 3. The van der Waals surface area contributed by atoms with Gasteiger partial charge < -0.3 is 11.1 Å². The molecule has 0 bridgehead atoms. The van der Waals surface area contributed by atoms with E-state index >= 15 is 0 Å². The summed E-state index contributed by atoms with van der Waals surface area (Å²) in [6, 6.07) is 6.82. The van der Waals surface area contributed by atoms with Gasteiger partial charge in [0.15, 0.2) is 15.7 Å². The summed E-state index contributed by atoms with van der Waals surface area (Å²) in [7, 11) is -3.53. The van der Waals surface area contributed by atoms with Crippen LogP contribution >= 0.6 is 0 Å². The number of halogens is 1. The fourth-order valence-corrected chi connectivity index (χ4v) is 4.55. The zero-order valence-corrected chi connectivity index (χ0v) is 18.7. The highest BCUT2D eigenvalue weighted by Gasteiger charge is 2.34. The number of sulfone groups is 1. The molecular weight excluding hydrogens is 445 g/mol. The first-order chi connectivity index (χ1) is 15.8. The first kappa shape index (κ1) is 22.5. The Morgan fingerprint density at radius 1 is 1.18 bits per heavy atom. The van der Waals surface area contributed by atoms with Gasteiger partial charge in [0.05, 0.1) is 22.9 Å². The highest BCUT2D eigenvalue weighted by atomic mass is 32.2. The predicted octanol–water partition coefficient (Wildman–Crippen LogP) is 3.16. The third-order valence-corrected chi connectivity index (χ3v) is 7.33. The number of hydrogen-bond acceptors (Lipinski definition) is 9. The molecule has 1 aromatic carbocycles. The standard InChI is InChI=1S/C19H16FN7O2S.C3H6/c1-10-18(22)27-16(8-30(10,28)29)13-5-12(2-3-14(13)20)26-19-17-15(24-9-25-19)4-11(6-21)7-23-17;1-2-3-1/h2-5,7,9-10,16H,8H2,1H3,(H2,22,27)(H,24,25,26);1-3H2. The summed E-state index contributed by atoms with van der Waals surface area (Å²) in [5.74, 6) is -0.598. The minimum Gasteiger partial charge on any atom is -0.386 e. The van der Waals surface area contributed by atoms with Gasteiger partial charge in [0.2, 0.25) is 0 Å². The molecule has 0 amide bonds. The van der Waals surface area contributed by atoms with E-state index in [2.05, 4.69) is 25.3 Å². The molecule has 1 fully saturated rings. The molecule has 3 N–H and O–H groups in total. The van der Waals surface area contributed by atoms with E-state index in [-0.39, 0.29) is 17.2 Å². The molecule has 1 saturated carbocycles. The lowest BCUT2D eigenvalue weighted by molar-refractivity contribution is 0.567. The minimum absolute atomic E-state index is 0.0386. The molecule has 0 spiro atoms. The smallest absolute Gasteiger partial charge is 0.162 e. The largest absolute Gasteiger partial charge is 0.386 e. The van der Waals surface area contributed by atoms with Crippen molar-refractivity contribution < 1.29 is 12.8 Å². The van der Waals surface area contributed by atoms with E-state index in [9.17, 15) is 12.8 Å². The van der Waals surface area contributed by atoms with Gasteiger partial charge in [-0.1, -0.05) is 19.3 Å². The normalized spacial score (nSPS) is 20.7. The van der Waals surface area contributed by atoms with Crippen LogP contribution in [0.3, 0.4) is 0 Å². The van der Waals surface area contributed by atoms with Crippen LogP contribution in [0.1, 0.15) is 43.4 Å². The lowest BCUT2D eigenvalue weighted by atomic mass is 10.1. The Hall–Kier alpha value is -3.65. The van der Waals surface area contributed by atoms with Gasteiger partial charge >= 0.3 is 0 Å². The Labute approximate surface area is 190 Å². The summed E-state index contributed by atoms with van der Waals surface area (Å²) >= 11 is 0. The van der Waals surface area contributed by atoms with Crippen LogP contribution in [0.2, 0.25) is 0 Å². The van der Waals surface area contributed by atoms with Crippen molar-refractivity contribution in [1.82, 2.24) is 15.0 Å². The van der Waals surface area contributed by atoms with E-state index in [1.807, 2.05) is 6.07 Å². The molecule has 1 aliphatic carbocycles. The quantitative estimate of drug-likeness (QED) is 0.597. The monoisotopic (exact) mass is 467 g/mol. The van der Waals surface area contributed by atoms with Crippen molar-refractivity contribution in [3.8, 4) is 6.07 Å². The molecule has 0 saturated heterocycles. The van der Waals surface area contributed by atoms with Crippen LogP contribution in [-0.4, -0.2) is 40.2 Å². The lowest BCUT2D eigenvalue weighted by Crippen LogP contribution is -2.40. The minimum atomic E-state index is -3.53. The maximum absolute atomic E-state index is 14.5. The van der Waals surface area contributed by atoms with Crippen LogP contribution in [0, 0.1) is 17.1 Å². The number of fused-ring (bicyclic) bond motifs is 1. The van der Waals surface area contributed by atoms with E-state index in [0.29, 0.717) is 28.1 Å². The number of amidine groups is 1. The van der Waals surface area contributed by atoms with Crippen LogP contribution in [0.25, 0.3) is 11.0 Å². The second kappa shape index (κ2) is 9.07. The summed E-state index contributed by atoms with van der Waals surface area (Å²) in [6.07, 6.45) is 7.22. The van der Waals surface area contributed by atoms with Gasteiger partial charge in [0, 0.05) is 17.4 Å². The summed E-state index contributed by atoms with van der Waals surface area (Å²) < 4.78 is 39.1. The molecule has 170 valence electrons. The molecule has 33 heavy (non-hydrogen) atoms. The maximum Gasteiger partial charge on any atom is 0.162 e. The van der Waals surface area contributed by atoms with Crippen molar-refractivity contribution in [2.45, 2.75) is 37.5 Å². The molecule has 2 atom stereocenters. The number of anilines is 2. The first-order valence-corrected chi connectivity index (χ1v) is 12.1. The fourth-order valence-electron chi connectivity index (χ4n) is 3.14. The van der Waals surface area contributed by atoms with Gasteiger partial charge in [-0.3, -0.25) is 4.99 Å². The van der Waals surface area contributed by atoms with Gasteiger partial charge in [0.1, 0.15) is 34.8 Å². The molecule has 9 nitrogen and oxygen atoms in total. The molecule has 0 radical (unpaired) electrons. The molecule has 2 aliphatic rings. The molecule has 3 heterocycles. The van der Waals surface area contributed by atoms with E-state index in [1.54, 1.807) is 6.07 Å². The van der Waals surface area contributed by atoms with Crippen molar-refractivity contribution in [3.63, 3.8) is 0 Å². The number of benzene rings is 1. The summed E-state index contributed by atoms with van der Waals surface area (Å²) in [6.45, 7) is 1.46. The van der Waals surface area contributed by atoms with E-state index < -0.39 is 26.9 Å². The molecule has 5 rings (SSSR count). The average Bonchev–Trinajstić information content (AvgIpc) is 3.68. The number of nitriles is 1. The Bertz CT molecular complexity index is 1380. The number of hydrogen-bond donors (Lipinski definition) is 2. The Morgan fingerprint density at radius 2 is 1.94 bits per heavy atom. The van der Waals surface area contributed by atoms with Gasteiger partial charge in [-0.25, -0.2) is 27.8 Å². The molecule has 1 aliphatic heterocycles. The number of nitrogens with one attached hydrogen (secondary N) is 1. The van der Waals surface area contributed by atoms with Crippen molar-refractivity contribution >= 4 is 38.2 Å². The van der Waals surface area contributed by atoms with Crippen molar-refractivity contribution in [1.29, 1.82) is 5.26 Å². The van der Waals surface area contributed by atoms with Crippen molar-refractivity contribution in [2.24, 2.45) is 10.7 Å². The average molecular weight is 468 g/mol. The maximum atomic E-state index is 14.5. The van der Waals surface area contributed by atoms with Gasteiger partial charge in [-0.05, 0) is 31.2 Å². The molecule has 2 aromatic heterocycles. The zero-order valence-electron chi connectivity index (χ0n) is 17.9. The SMILES string of the molecule is C1CC1.CC1C(N)=NC(c2cc(Nc3ncnc4cc(C#N)cnc34)ccc2F)CS1(=O)=O. The second-order valence-electron chi connectivity index (χ2n) is 7.89. The van der Waals surface area contributed by atoms with Crippen LogP contribution < -0.4 is 11.1 Å². The molecular formula is C22H22FN7O2S. The highest BCUT2D eigenvalue weighted by Crippen LogP contribution is 2.31. The number of nitrogens with zero attached hydrogens (tertiary/aromatic N) is 5. The molecule has 3 aromatic rings. The summed E-state index contributed by atoms with van der Waals surface area (Å²) in [4.78, 5) is 16.7. The van der Waals surface area contributed by atoms with Crippen LogP contribution in [0.4, 0.5) is 15.9 Å². The van der Waals surface area contributed by atoms with E-state index in [4.69, 9.17) is 11.0 Å². The Balaban J connectivity index is 0.000000799. The van der Waals surface area contributed by atoms with Gasteiger partial charge in [0.25, 0.3) is 0 Å². The topological polar surface area (TPSA) is 147 Å². The molecule has 2 unspecified atom stereocenters. The Morgan fingerprint density at radius 3 is 2.61 bits per heavy atom. The van der Waals surface area contributed by atoms with E-state index in [1.165, 1.54) is 56.9 Å². The Kier molecular flexibility index (Phi) is 6.20. The lowest BCUT2D eigenvalue weighted by Gasteiger charge is -2.24. The number of aliphatic imine (C=N–C) groups is 1. The van der Waals surface area contributed by atoms with Crippen LogP contribution in [0.5, 0.6) is 0 Å². The third-order valence-electron chi connectivity index (χ3n) is 5.23. The van der Waals surface area contributed by atoms with Crippen LogP contribution in [-0.2, 0) is 9.84 Å². The highest BCUT2D eigenvalue weighted by molar-refractivity contribution is 7.92. The van der Waals surface area contributed by atoms with E-state index in [0.717, 1.165) is 0 Å². The summed E-state index contributed by atoms with van der Waals surface area (Å²) in [5.41, 5.74) is 7.59. The van der Waals surface area contributed by atoms with Crippen LogP contribution in [0.15, 0.2) is 41.8 Å². The zero-order chi connectivity index (χ0) is 23.6. The number of nitrogens with two attached hydrogens (primary N) is 1. The second-order valence-corrected chi connectivity index (χ2v) is 10.3. The third kappa shape index (κ3) is 5.06. The van der Waals surface area contributed by atoms with Crippen molar-refractivity contribution in [2.75, 3.05) is 11.1 Å². The number of pyridine rings is 1. The van der Waals surface area contributed by atoms with Gasteiger partial charge in [-0.2, -0.15) is 5.26 Å². The predicted molar refractivity (Wildman–Crippen MR) is 123 cm³/mol. The number of rotatable bonds is 3. The fraction of sp³-hybridized carbons (Fsp3) is 0.318. The molecule has 11 heteroatoms. The first-order valence-electron chi connectivity index (χ1n) is 10.4. The van der Waals surface area contributed by atoms with Crippen molar-refractivity contribution in [3.05, 3.63) is 53.7 Å². The van der Waals surface area contributed by atoms with Gasteiger partial charge in [-0.15, -0.1) is 0 Å².